The first kappa shape index (κ1) is 12.0. The van der Waals surface area contributed by atoms with Crippen LogP contribution in [0.25, 0.3) is 0 Å². The number of hydrogen-bond acceptors (Lipinski definition) is 3. The Hall–Kier alpha value is -2.43. The first-order valence-electron chi connectivity index (χ1n) is 5.61. The minimum atomic E-state index is -0.188. The highest BCUT2D eigenvalue weighted by Crippen LogP contribution is 1.94. The maximum Gasteiger partial charge on any atom is 0.252 e. The van der Waals surface area contributed by atoms with Gasteiger partial charge in [-0.15, -0.1) is 0 Å². The Morgan fingerprint density at radius 2 is 2.17 bits per heavy atom. The Balaban J connectivity index is 1.88. The van der Waals surface area contributed by atoms with E-state index in [2.05, 4.69) is 10.3 Å². The van der Waals surface area contributed by atoms with Crippen molar-refractivity contribution in [3.05, 3.63) is 64.8 Å². The molecule has 0 atom stereocenters. The molecule has 5 nitrogen and oxygen atoms in total. The van der Waals surface area contributed by atoms with Gasteiger partial charge >= 0.3 is 0 Å². The van der Waals surface area contributed by atoms with Crippen molar-refractivity contribution in [2.75, 3.05) is 6.54 Å². The summed E-state index contributed by atoms with van der Waals surface area (Å²) in [5, 5.41) is 2.74. The van der Waals surface area contributed by atoms with Gasteiger partial charge in [-0.1, -0.05) is 6.07 Å². The second-order valence-corrected chi connectivity index (χ2v) is 3.73. The van der Waals surface area contributed by atoms with E-state index >= 15 is 0 Å². The first-order chi connectivity index (χ1) is 8.77. The molecule has 2 aromatic heterocycles. The van der Waals surface area contributed by atoms with Crippen molar-refractivity contribution in [2.24, 2.45) is 0 Å². The molecule has 2 aromatic rings. The van der Waals surface area contributed by atoms with Crippen LogP contribution in [0.1, 0.15) is 10.4 Å². The molecule has 0 fully saturated rings. The maximum atomic E-state index is 11.7. The van der Waals surface area contributed by atoms with E-state index in [9.17, 15) is 9.59 Å². The average molecular weight is 243 g/mol. The zero-order valence-corrected chi connectivity index (χ0v) is 9.74. The average Bonchev–Trinajstić information content (AvgIpc) is 2.42. The van der Waals surface area contributed by atoms with Crippen LogP contribution in [0.3, 0.4) is 0 Å². The molecule has 0 bridgehead atoms. The summed E-state index contributed by atoms with van der Waals surface area (Å²) in [5.41, 5.74) is 0.436. The van der Waals surface area contributed by atoms with Crippen LogP contribution in [-0.2, 0) is 6.54 Å². The predicted molar refractivity (Wildman–Crippen MR) is 67.3 cm³/mol. The Morgan fingerprint density at radius 3 is 2.89 bits per heavy atom. The third-order valence-electron chi connectivity index (χ3n) is 2.46. The fraction of sp³-hybridized carbons (Fsp3) is 0.154. The molecule has 0 saturated heterocycles. The van der Waals surface area contributed by atoms with E-state index in [4.69, 9.17) is 0 Å². The van der Waals surface area contributed by atoms with Gasteiger partial charge in [0, 0.05) is 37.7 Å². The van der Waals surface area contributed by atoms with E-state index in [1.807, 2.05) is 0 Å². The number of aromatic nitrogens is 2. The zero-order chi connectivity index (χ0) is 12.8. The highest BCUT2D eigenvalue weighted by atomic mass is 16.1. The number of amides is 1. The largest absolute Gasteiger partial charge is 0.350 e. The van der Waals surface area contributed by atoms with Crippen molar-refractivity contribution < 1.29 is 4.79 Å². The summed E-state index contributed by atoms with van der Waals surface area (Å²) in [5.74, 6) is -0.188. The van der Waals surface area contributed by atoms with Crippen LogP contribution in [0, 0.1) is 0 Å². The Labute approximate surface area is 104 Å². The minimum absolute atomic E-state index is 0.0758. The Kier molecular flexibility index (Phi) is 3.86. The van der Waals surface area contributed by atoms with Crippen molar-refractivity contribution in [1.29, 1.82) is 0 Å². The molecule has 2 rings (SSSR count). The van der Waals surface area contributed by atoms with Crippen LogP contribution < -0.4 is 10.9 Å². The summed E-state index contributed by atoms with van der Waals surface area (Å²) in [7, 11) is 0. The van der Waals surface area contributed by atoms with E-state index in [1.54, 1.807) is 41.2 Å². The fourth-order valence-corrected chi connectivity index (χ4v) is 1.53. The van der Waals surface area contributed by atoms with Gasteiger partial charge in [0.2, 0.25) is 0 Å². The molecule has 0 saturated carbocycles. The van der Waals surface area contributed by atoms with E-state index in [-0.39, 0.29) is 11.5 Å². The standard InChI is InChI=1S/C13H13N3O2/c17-12-5-1-2-8-16(12)9-7-15-13(18)11-4-3-6-14-10-11/h1-6,8,10H,7,9H2,(H,15,18). The van der Waals surface area contributed by atoms with Gasteiger partial charge in [-0.2, -0.15) is 0 Å². The van der Waals surface area contributed by atoms with Crippen LogP contribution in [-0.4, -0.2) is 22.0 Å². The zero-order valence-electron chi connectivity index (χ0n) is 9.74. The maximum absolute atomic E-state index is 11.7. The summed E-state index contributed by atoms with van der Waals surface area (Å²) < 4.78 is 1.55. The van der Waals surface area contributed by atoms with Crippen molar-refractivity contribution in [2.45, 2.75) is 6.54 Å². The predicted octanol–water partition coefficient (Wildman–Crippen LogP) is 0.673. The molecular formula is C13H13N3O2. The van der Waals surface area contributed by atoms with E-state index in [0.29, 0.717) is 18.7 Å². The monoisotopic (exact) mass is 243 g/mol. The summed E-state index contributed by atoms with van der Waals surface area (Å²) in [6, 6.07) is 8.36. The van der Waals surface area contributed by atoms with Gasteiger partial charge in [0.05, 0.1) is 5.56 Å². The van der Waals surface area contributed by atoms with Gasteiger partial charge in [-0.3, -0.25) is 14.6 Å². The number of carbonyl (C=O) groups excluding carboxylic acids is 1. The molecule has 0 aliphatic rings. The molecule has 1 N–H and O–H groups in total. The third-order valence-corrected chi connectivity index (χ3v) is 2.46. The van der Waals surface area contributed by atoms with Crippen molar-refractivity contribution in [3.8, 4) is 0 Å². The highest BCUT2D eigenvalue weighted by Gasteiger charge is 2.03. The van der Waals surface area contributed by atoms with E-state index in [0.717, 1.165) is 0 Å². The number of nitrogens with zero attached hydrogens (tertiary/aromatic N) is 2. The number of pyridine rings is 2. The van der Waals surface area contributed by atoms with Crippen LogP contribution in [0.4, 0.5) is 0 Å². The minimum Gasteiger partial charge on any atom is -0.350 e. The topological polar surface area (TPSA) is 64.0 Å². The fourth-order valence-electron chi connectivity index (χ4n) is 1.53. The molecule has 0 aliphatic heterocycles. The van der Waals surface area contributed by atoms with E-state index in [1.165, 1.54) is 12.3 Å². The SMILES string of the molecule is O=C(NCCn1ccccc1=O)c1cccnc1. The van der Waals surface area contributed by atoms with Crippen LogP contribution >= 0.6 is 0 Å². The number of carbonyl (C=O) groups is 1. The van der Waals surface area contributed by atoms with Crippen LogP contribution in [0.5, 0.6) is 0 Å². The quantitative estimate of drug-likeness (QED) is 0.858. The van der Waals surface area contributed by atoms with Crippen molar-refractivity contribution in [1.82, 2.24) is 14.9 Å². The van der Waals surface area contributed by atoms with Crippen LogP contribution in [0.2, 0.25) is 0 Å². The Morgan fingerprint density at radius 1 is 1.28 bits per heavy atom. The van der Waals surface area contributed by atoms with Gasteiger partial charge in [0.1, 0.15) is 0 Å². The van der Waals surface area contributed by atoms with Crippen molar-refractivity contribution >= 4 is 5.91 Å². The molecule has 5 heteroatoms. The van der Waals surface area contributed by atoms with Gasteiger partial charge < -0.3 is 9.88 Å². The molecule has 0 unspecified atom stereocenters. The van der Waals surface area contributed by atoms with Gasteiger partial charge in [0.25, 0.3) is 11.5 Å². The number of hydrogen-bond donors (Lipinski definition) is 1. The lowest BCUT2D eigenvalue weighted by atomic mass is 10.3. The highest BCUT2D eigenvalue weighted by molar-refractivity contribution is 5.93. The summed E-state index contributed by atoms with van der Waals surface area (Å²) in [6.07, 6.45) is 4.81. The molecular weight excluding hydrogens is 230 g/mol. The molecule has 18 heavy (non-hydrogen) atoms. The second-order valence-electron chi connectivity index (χ2n) is 3.73. The number of nitrogens with one attached hydrogen (secondary N) is 1. The molecule has 1 amide bonds. The molecule has 2 heterocycles. The second kappa shape index (κ2) is 5.77. The normalized spacial score (nSPS) is 10.0. The molecule has 0 spiro atoms. The summed E-state index contributed by atoms with van der Waals surface area (Å²) in [4.78, 5) is 27.0. The first-order valence-corrected chi connectivity index (χ1v) is 5.61. The van der Waals surface area contributed by atoms with E-state index < -0.39 is 0 Å². The van der Waals surface area contributed by atoms with Gasteiger partial charge in [0.15, 0.2) is 0 Å². The molecule has 0 aliphatic carbocycles. The third kappa shape index (κ3) is 3.04. The van der Waals surface area contributed by atoms with Crippen LogP contribution in [0.15, 0.2) is 53.7 Å². The lowest BCUT2D eigenvalue weighted by molar-refractivity contribution is 0.0952. The summed E-state index contributed by atoms with van der Waals surface area (Å²) in [6.45, 7) is 0.851. The molecule has 0 aromatic carbocycles. The Bertz CT molecular complexity index is 578. The lowest BCUT2D eigenvalue weighted by Crippen LogP contribution is -2.30. The smallest absolute Gasteiger partial charge is 0.252 e. The van der Waals surface area contributed by atoms with Gasteiger partial charge in [-0.25, -0.2) is 0 Å². The lowest BCUT2D eigenvalue weighted by Gasteiger charge is -2.06. The van der Waals surface area contributed by atoms with Crippen molar-refractivity contribution in [3.63, 3.8) is 0 Å². The van der Waals surface area contributed by atoms with Gasteiger partial charge in [-0.05, 0) is 18.2 Å². The molecule has 92 valence electrons. The summed E-state index contributed by atoms with van der Waals surface area (Å²) >= 11 is 0. The number of rotatable bonds is 4. The molecule has 0 radical (unpaired) electrons.